The summed E-state index contributed by atoms with van der Waals surface area (Å²) in [6.45, 7) is 7.35. The molecule has 1 aliphatic heterocycles. The Kier molecular flexibility index (Phi) is 6.46. The number of carbonyl (C=O) groups is 2. The SMILES string of the molecule is CC1C2CC3CC(CC1(C(=O)O)C3)C2NC(=O)C(C)(C)N1CCN(S(=O)(=O)c2ccc(Cl)cc2)CC1. The molecule has 4 bridgehead atoms. The number of nitrogens with zero attached hydrogens (tertiary/aromatic N) is 2. The Hall–Kier alpha value is -1.68. The Morgan fingerprint density at radius 1 is 1.08 bits per heavy atom. The van der Waals surface area contributed by atoms with Crippen molar-refractivity contribution in [2.45, 2.75) is 62.9 Å². The van der Waals surface area contributed by atoms with Crippen LogP contribution < -0.4 is 5.32 Å². The Labute approximate surface area is 218 Å². The first kappa shape index (κ1) is 25.9. The van der Waals surface area contributed by atoms with Crippen molar-refractivity contribution in [2.24, 2.45) is 29.1 Å². The first-order chi connectivity index (χ1) is 16.9. The Balaban J connectivity index is 1.24. The molecule has 1 heterocycles. The van der Waals surface area contributed by atoms with Gasteiger partial charge in [-0.25, -0.2) is 8.42 Å². The Morgan fingerprint density at radius 2 is 1.72 bits per heavy atom. The second kappa shape index (κ2) is 8.96. The average molecular weight is 538 g/mol. The van der Waals surface area contributed by atoms with Crippen molar-refractivity contribution in [2.75, 3.05) is 26.2 Å². The Bertz CT molecular complexity index is 1150. The molecule has 1 aromatic rings. The summed E-state index contributed by atoms with van der Waals surface area (Å²) in [5.41, 5.74) is -1.45. The third-order valence-corrected chi connectivity index (χ3v) is 11.9. The van der Waals surface area contributed by atoms with E-state index in [1.54, 1.807) is 12.1 Å². The molecule has 5 aliphatic rings. The number of amides is 1. The lowest BCUT2D eigenvalue weighted by atomic mass is 9.44. The normalized spacial score (nSPS) is 35.1. The molecule has 1 amide bonds. The van der Waals surface area contributed by atoms with E-state index in [0.717, 1.165) is 19.3 Å². The predicted octanol–water partition coefficient (Wildman–Crippen LogP) is 3.07. The highest BCUT2D eigenvalue weighted by atomic mass is 35.5. The van der Waals surface area contributed by atoms with Crippen LogP contribution in [0.2, 0.25) is 5.02 Å². The van der Waals surface area contributed by atoms with Crippen molar-refractivity contribution in [3.8, 4) is 0 Å². The number of sulfonamides is 1. The van der Waals surface area contributed by atoms with Gasteiger partial charge in [-0.1, -0.05) is 18.5 Å². The monoisotopic (exact) mass is 537 g/mol. The zero-order valence-electron chi connectivity index (χ0n) is 21.1. The molecule has 6 atom stereocenters. The van der Waals surface area contributed by atoms with Crippen LogP contribution in [0.15, 0.2) is 29.2 Å². The lowest BCUT2D eigenvalue weighted by Gasteiger charge is -2.62. The molecule has 36 heavy (non-hydrogen) atoms. The van der Waals surface area contributed by atoms with Crippen LogP contribution in [0.1, 0.15) is 46.5 Å². The second-order valence-corrected chi connectivity index (χ2v) is 14.2. The highest BCUT2D eigenvalue weighted by Gasteiger charge is 2.63. The number of hydrogen-bond donors (Lipinski definition) is 2. The summed E-state index contributed by atoms with van der Waals surface area (Å²) >= 11 is 5.91. The summed E-state index contributed by atoms with van der Waals surface area (Å²) in [5, 5.41) is 13.9. The van der Waals surface area contributed by atoms with Gasteiger partial charge in [0.15, 0.2) is 0 Å². The van der Waals surface area contributed by atoms with Gasteiger partial charge >= 0.3 is 5.97 Å². The average Bonchev–Trinajstić information content (AvgIpc) is 2.84. The van der Waals surface area contributed by atoms with Crippen LogP contribution in [0, 0.1) is 29.1 Å². The van der Waals surface area contributed by atoms with Gasteiger partial charge in [0.05, 0.1) is 15.8 Å². The van der Waals surface area contributed by atoms with Crippen molar-refractivity contribution >= 4 is 33.5 Å². The maximum atomic E-state index is 13.6. The molecule has 0 spiro atoms. The number of carboxylic acids is 1. The molecule has 1 saturated heterocycles. The summed E-state index contributed by atoms with van der Waals surface area (Å²) < 4.78 is 27.5. The van der Waals surface area contributed by atoms with E-state index in [-0.39, 0.29) is 34.6 Å². The molecule has 10 heteroatoms. The molecule has 0 radical (unpaired) electrons. The highest BCUT2D eigenvalue weighted by Crippen LogP contribution is 2.62. The third-order valence-electron chi connectivity index (χ3n) is 9.76. The van der Waals surface area contributed by atoms with Gasteiger partial charge in [0.1, 0.15) is 0 Å². The van der Waals surface area contributed by atoms with E-state index in [9.17, 15) is 23.1 Å². The Morgan fingerprint density at radius 3 is 2.33 bits per heavy atom. The molecule has 8 nitrogen and oxygen atoms in total. The molecule has 198 valence electrons. The quantitative estimate of drug-likeness (QED) is 0.577. The van der Waals surface area contributed by atoms with Crippen molar-refractivity contribution in [3.63, 3.8) is 0 Å². The fourth-order valence-corrected chi connectivity index (χ4v) is 9.15. The number of rotatable bonds is 6. The molecule has 4 saturated carbocycles. The van der Waals surface area contributed by atoms with E-state index in [0.29, 0.717) is 43.5 Å². The van der Waals surface area contributed by atoms with Crippen LogP contribution >= 0.6 is 11.6 Å². The van der Waals surface area contributed by atoms with Gasteiger partial charge in [-0.05, 0) is 87.5 Å². The topological polar surface area (TPSA) is 107 Å². The minimum absolute atomic E-state index is 0.00220. The molecular weight excluding hydrogens is 502 g/mol. The first-order valence-electron chi connectivity index (χ1n) is 12.9. The summed E-state index contributed by atoms with van der Waals surface area (Å²) in [7, 11) is -3.62. The van der Waals surface area contributed by atoms with Crippen molar-refractivity contribution in [3.05, 3.63) is 29.3 Å². The molecule has 6 rings (SSSR count). The minimum atomic E-state index is -3.62. The summed E-state index contributed by atoms with van der Waals surface area (Å²) in [6.07, 6.45) is 3.39. The van der Waals surface area contributed by atoms with E-state index < -0.39 is 26.9 Å². The largest absolute Gasteiger partial charge is 0.481 e. The fraction of sp³-hybridized carbons (Fsp3) is 0.692. The lowest BCUT2D eigenvalue weighted by Crippen LogP contribution is -2.68. The minimum Gasteiger partial charge on any atom is -0.481 e. The second-order valence-electron chi connectivity index (χ2n) is 11.8. The van der Waals surface area contributed by atoms with Gasteiger partial charge in [-0.15, -0.1) is 0 Å². The smallest absolute Gasteiger partial charge is 0.309 e. The van der Waals surface area contributed by atoms with E-state index in [1.807, 2.05) is 13.8 Å². The molecule has 1 aromatic carbocycles. The number of aliphatic carboxylic acids is 1. The van der Waals surface area contributed by atoms with Gasteiger partial charge in [-0.3, -0.25) is 14.5 Å². The van der Waals surface area contributed by atoms with Crippen molar-refractivity contribution in [1.82, 2.24) is 14.5 Å². The van der Waals surface area contributed by atoms with Crippen LogP contribution in [0.25, 0.3) is 0 Å². The number of nitrogens with one attached hydrogen (secondary N) is 1. The summed E-state index contributed by atoms with van der Waals surface area (Å²) in [5.74, 6) is 0.136. The van der Waals surface area contributed by atoms with Crippen LogP contribution in [0.3, 0.4) is 0 Å². The number of carboxylic acid groups (broad SMARTS) is 1. The van der Waals surface area contributed by atoms with E-state index in [4.69, 9.17) is 11.6 Å². The number of piperazine rings is 1. The van der Waals surface area contributed by atoms with E-state index >= 15 is 0 Å². The third kappa shape index (κ3) is 4.06. The molecule has 6 unspecified atom stereocenters. The van der Waals surface area contributed by atoms with Gasteiger partial charge < -0.3 is 10.4 Å². The number of benzene rings is 1. The van der Waals surface area contributed by atoms with Crippen molar-refractivity contribution in [1.29, 1.82) is 0 Å². The maximum Gasteiger partial charge on any atom is 0.309 e. The standard InChI is InChI=1S/C26H36ClN3O5S/c1-16-21-13-17-12-18(15-26(16,14-17)24(32)33)22(21)28-23(31)25(2,3)29-8-10-30(11-9-29)36(34,35)20-6-4-19(27)5-7-20/h4-7,16-18,21-22H,8-15H2,1-3H3,(H,28,31)(H,32,33). The molecule has 0 aromatic heterocycles. The number of hydrogen-bond acceptors (Lipinski definition) is 5. The van der Waals surface area contributed by atoms with Gasteiger partial charge in [-0.2, -0.15) is 4.31 Å². The zero-order valence-corrected chi connectivity index (χ0v) is 22.7. The van der Waals surface area contributed by atoms with Gasteiger partial charge in [0, 0.05) is 37.2 Å². The van der Waals surface area contributed by atoms with Crippen LogP contribution in [-0.2, 0) is 19.6 Å². The van der Waals surface area contributed by atoms with Crippen LogP contribution in [0.4, 0.5) is 0 Å². The van der Waals surface area contributed by atoms with Gasteiger partial charge in [0.25, 0.3) is 0 Å². The molecule has 4 aliphatic carbocycles. The van der Waals surface area contributed by atoms with Crippen molar-refractivity contribution < 1.29 is 23.1 Å². The summed E-state index contributed by atoms with van der Waals surface area (Å²) in [4.78, 5) is 28.1. The van der Waals surface area contributed by atoms with E-state index in [1.165, 1.54) is 16.4 Å². The molecule has 2 N–H and O–H groups in total. The fourth-order valence-electron chi connectivity index (χ4n) is 7.60. The van der Waals surface area contributed by atoms with Gasteiger partial charge in [0.2, 0.25) is 15.9 Å². The zero-order chi connectivity index (χ0) is 26.0. The highest BCUT2D eigenvalue weighted by molar-refractivity contribution is 7.89. The first-order valence-corrected chi connectivity index (χ1v) is 14.7. The predicted molar refractivity (Wildman–Crippen MR) is 136 cm³/mol. The molecule has 5 fully saturated rings. The van der Waals surface area contributed by atoms with Crippen LogP contribution in [-0.4, -0.2) is 72.4 Å². The lowest BCUT2D eigenvalue weighted by molar-refractivity contribution is -0.181. The van der Waals surface area contributed by atoms with Crippen LogP contribution in [0.5, 0.6) is 0 Å². The number of carbonyl (C=O) groups excluding carboxylic acids is 1. The number of halogens is 1. The summed E-state index contributed by atoms with van der Waals surface area (Å²) in [6, 6.07) is 6.18. The maximum absolute atomic E-state index is 13.6. The van der Waals surface area contributed by atoms with E-state index in [2.05, 4.69) is 17.1 Å². The molecular formula is C26H36ClN3O5S.